The van der Waals surface area contributed by atoms with E-state index in [1.54, 1.807) is 4.90 Å². The van der Waals surface area contributed by atoms with E-state index in [2.05, 4.69) is 12.2 Å². The normalized spacial score (nSPS) is 15.0. The molecule has 1 fully saturated rings. The number of benzene rings is 2. The molecule has 1 aliphatic rings. The zero-order valence-corrected chi connectivity index (χ0v) is 20.3. The highest BCUT2D eigenvalue weighted by molar-refractivity contribution is 5.88. The van der Waals surface area contributed by atoms with Gasteiger partial charge in [-0.3, -0.25) is 9.59 Å². The lowest BCUT2D eigenvalue weighted by molar-refractivity contribution is -0.143. The van der Waals surface area contributed by atoms with Crippen LogP contribution in [-0.4, -0.2) is 35.4 Å². The minimum atomic E-state index is -0.521. The predicted octanol–water partition coefficient (Wildman–Crippen LogP) is 5.19. The van der Waals surface area contributed by atoms with Crippen molar-refractivity contribution in [3.8, 4) is 5.75 Å². The first-order valence-corrected chi connectivity index (χ1v) is 12.4. The van der Waals surface area contributed by atoms with E-state index in [4.69, 9.17) is 4.74 Å². The molecule has 0 spiro atoms. The van der Waals surface area contributed by atoms with Crippen LogP contribution in [0.25, 0.3) is 0 Å². The lowest BCUT2D eigenvalue weighted by atomic mass is 9.95. The fraction of sp³-hybridized carbons (Fsp3) is 0.500. The van der Waals surface area contributed by atoms with Crippen molar-refractivity contribution in [2.24, 2.45) is 0 Å². The van der Waals surface area contributed by atoms with Gasteiger partial charge < -0.3 is 15.0 Å². The number of nitrogens with zero attached hydrogens (tertiary/aromatic N) is 1. The fourth-order valence-electron chi connectivity index (χ4n) is 4.40. The van der Waals surface area contributed by atoms with E-state index in [0.717, 1.165) is 43.2 Å². The first-order chi connectivity index (χ1) is 16.0. The van der Waals surface area contributed by atoms with Gasteiger partial charge in [0.25, 0.3) is 5.91 Å². The molecule has 5 nitrogen and oxygen atoms in total. The van der Waals surface area contributed by atoms with Gasteiger partial charge in [-0.1, -0.05) is 75.1 Å². The number of nitrogens with one attached hydrogen (secondary N) is 1. The van der Waals surface area contributed by atoms with Gasteiger partial charge in [-0.2, -0.15) is 0 Å². The standard InChI is InChI=1S/C28H38N2O3/c1-4-22-15-17-25(18-16-22)33-20-27(31)30(19-23-13-11-21(3)12-14-23)26(5-2)28(32)29-24-9-7-6-8-10-24/h11-18,24,26H,4-10,19-20H2,1-3H3,(H,29,32)/t26-/m0/s1. The first-order valence-electron chi connectivity index (χ1n) is 12.4. The van der Waals surface area contributed by atoms with Crippen molar-refractivity contribution < 1.29 is 14.3 Å². The average Bonchev–Trinajstić information content (AvgIpc) is 2.84. The Kier molecular flexibility index (Phi) is 9.35. The molecular formula is C28H38N2O3. The van der Waals surface area contributed by atoms with Crippen LogP contribution in [0.2, 0.25) is 0 Å². The van der Waals surface area contributed by atoms with E-state index in [1.807, 2.05) is 62.4 Å². The third-order valence-corrected chi connectivity index (χ3v) is 6.50. The minimum Gasteiger partial charge on any atom is -0.484 e. The molecule has 1 saturated carbocycles. The number of amides is 2. The number of rotatable bonds is 10. The molecule has 5 heteroatoms. The quantitative estimate of drug-likeness (QED) is 0.542. The SMILES string of the molecule is CCc1ccc(OCC(=O)N(Cc2ccc(C)cc2)[C@@H](CC)C(=O)NC2CCCCC2)cc1. The second kappa shape index (κ2) is 12.4. The summed E-state index contributed by atoms with van der Waals surface area (Å²) in [6.07, 6.45) is 7.09. The molecule has 1 N–H and O–H groups in total. The average molecular weight is 451 g/mol. The van der Waals surface area contributed by atoms with Crippen LogP contribution in [0.15, 0.2) is 48.5 Å². The van der Waals surface area contributed by atoms with Crippen LogP contribution in [0.5, 0.6) is 5.75 Å². The van der Waals surface area contributed by atoms with Gasteiger partial charge in [-0.15, -0.1) is 0 Å². The molecular weight excluding hydrogens is 412 g/mol. The minimum absolute atomic E-state index is 0.0582. The summed E-state index contributed by atoms with van der Waals surface area (Å²) >= 11 is 0. The van der Waals surface area contributed by atoms with Gasteiger partial charge >= 0.3 is 0 Å². The fourth-order valence-corrected chi connectivity index (χ4v) is 4.40. The van der Waals surface area contributed by atoms with Crippen molar-refractivity contribution >= 4 is 11.8 Å². The van der Waals surface area contributed by atoms with E-state index >= 15 is 0 Å². The summed E-state index contributed by atoms with van der Waals surface area (Å²) in [5.41, 5.74) is 3.39. The molecule has 0 bridgehead atoms. The van der Waals surface area contributed by atoms with Crippen LogP contribution in [0, 0.1) is 6.92 Å². The summed E-state index contributed by atoms with van der Waals surface area (Å²) in [6, 6.07) is 15.6. The summed E-state index contributed by atoms with van der Waals surface area (Å²) < 4.78 is 5.81. The van der Waals surface area contributed by atoms with Gasteiger partial charge in [0.1, 0.15) is 11.8 Å². The molecule has 33 heavy (non-hydrogen) atoms. The van der Waals surface area contributed by atoms with Crippen LogP contribution in [0.3, 0.4) is 0 Å². The monoisotopic (exact) mass is 450 g/mol. The van der Waals surface area contributed by atoms with Crippen molar-refractivity contribution in [3.05, 3.63) is 65.2 Å². The second-order valence-corrected chi connectivity index (χ2v) is 9.06. The summed E-state index contributed by atoms with van der Waals surface area (Å²) in [7, 11) is 0. The number of carbonyl (C=O) groups excluding carboxylic acids is 2. The number of hydrogen-bond acceptors (Lipinski definition) is 3. The molecule has 2 aromatic rings. The maximum atomic E-state index is 13.3. The van der Waals surface area contributed by atoms with Gasteiger partial charge in [-0.05, 0) is 55.9 Å². The summed E-state index contributed by atoms with van der Waals surface area (Å²) in [4.78, 5) is 28.2. The highest BCUT2D eigenvalue weighted by Gasteiger charge is 2.30. The molecule has 2 amide bonds. The lowest BCUT2D eigenvalue weighted by Gasteiger charge is -2.32. The maximum absolute atomic E-state index is 13.3. The van der Waals surface area contributed by atoms with Crippen molar-refractivity contribution in [2.45, 2.75) is 84.3 Å². The smallest absolute Gasteiger partial charge is 0.261 e. The van der Waals surface area contributed by atoms with Gasteiger partial charge in [0.05, 0.1) is 0 Å². The Balaban J connectivity index is 1.73. The Morgan fingerprint density at radius 3 is 2.21 bits per heavy atom. The molecule has 0 aliphatic heterocycles. The Morgan fingerprint density at radius 2 is 1.61 bits per heavy atom. The largest absolute Gasteiger partial charge is 0.484 e. The first kappa shape index (κ1) is 24.8. The van der Waals surface area contributed by atoms with Crippen LogP contribution in [0.4, 0.5) is 0 Å². The Hall–Kier alpha value is -2.82. The zero-order chi connectivity index (χ0) is 23.6. The molecule has 1 atom stereocenters. The second-order valence-electron chi connectivity index (χ2n) is 9.06. The van der Waals surface area contributed by atoms with Crippen LogP contribution < -0.4 is 10.1 Å². The molecule has 0 radical (unpaired) electrons. The van der Waals surface area contributed by atoms with Crippen molar-refractivity contribution in [1.82, 2.24) is 10.2 Å². The highest BCUT2D eigenvalue weighted by Crippen LogP contribution is 2.20. The number of aryl methyl sites for hydroxylation is 2. The molecule has 178 valence electrons. The Labute approximate surface area is 198 Å². The molecule has 1 aliphatic carbocycles. The van der Waals surface area contributed by atoms with Crippen molar-refractivity contribution in [1.29, 1.82) is 0 Å². The molecule has 0 saturated heterocycles. The maximum Gasteiger partial charge on any atom is 0.261 e. The molecule has 0 aromatic heterocycles. The third-order valence-electron chi connectivity index (χ3n) is 6.50. The van der Waals surface area contributed by atoms with Gasteiger partial charge in [0.15, 0.2) is 6.61 Å². The highest BCUT2D eigenvalue weighted by atomic mass is 16.5. The zero-order valence-electron chi connectivity index (χ0n) is 20.3. The number of ether oxygens (including phenoxy) is 1. The van der Waals surface area contributed by atoms with Crippen molar-refractivity contribution in [2.75, 3.05) is 6.61 Å². The predicted molar refractivity (Wildman–Crippen MR) is 132 cm³/mol. The van der Waals surface area contributed by atoms with Crippen LogP contribution in [0.1, 0.15) is 69.1 Å². The molecule has 0 heterocycles. The number of hydrogen-bond donors (Lipinski definition) is 1. The summed E-state index contributed by atoms with van der Waals surface area (Å²) in [5, 5.41) is 3.21. The molecule has 0 unspecified atom stereocenters. The lowest BCUT2D eigenvalue weighted by Crippen LogP contribution is -2.52. The van der Waals surface area contributed by atoms with E-state index in [1.165, 1.54) is 12.0 Å². The van der Waals surface area contributed by atoms with Crippen LogP contribution >= 0.6 is 0 Å². The van der Waals surface area contributed by atoms with Gasteiger partial charge in [0, 0.05) is 12.6 Å². The summed E-state index contributed by atoms with van der Waals surface area (Å²) in [5.74, 6) is 0.425. The van der Waals surface area contributed by atoms with E-state index in [9.17, 15) is 9.59 Å². The van der Waals surface area contributed by atoms with Crippen molar-refractivity contribution in [3.63, 3.8) is 0 Å². The molecule has 2 aromatic carbocycles. The molecule has 3 rings (SSSR count). The Bertz CT molecular complexity index is 886. The summed E-state index contributed by atoms with van der Waals surface area (Å²) in [6.45, 7) is 6.39. The number of carbonyl (C=O) groups is 2. The third kappa shape index (κ3) is 7.34. The van der Waals surface area contributed by atoms with E-state index in [0.29, 0.717) is 18.7 Å². The topological polar surface area (TPSA) is 58.6 Å². The van der Waals surface area contributed by atoms with E-state index in [-0.39, 0.29) is 24.5 Å². The van der Waals surface area contributed by atoms with E-state index < -0.39 is 6.04 Å². The van der Waals surface area contributed by atoms with Gasteiger partial charge in [0.2, 0.25) is 5.91 Å². The Morgan fingerprint density at radius 1 is 0.970 bits per heavy atom. The van der Waals surface area contributed by atoms with Gasteiger partial charge in [-0.25, -0.2) is 0 Å². The van der Waals surface area contributed by atoms with Crippen LogP contribution in [-0.2, 0) is 22.6 Å².